The standard InChI is InChI=1S/C32H34N4O2.ClH/c1-31(2,33)30(38)35-28(19-21-20-34-27-14-8-5-9-22(21)27)29(37)36-17-15-32(16-18-36)25-12-6-3-10-23(25)24-11-4-7-13-26(24)32;/h3-14,20,28,34H,15-19,33H2,1-2H3,(H,35,38);1H/t28-;/m1./s1. The van der Waals surface area contributed by atoms with Gasteiger partial charge in [0, 0.05) is 42.0 Å². The number of carbonyl (C=O) groups is 2. The molecule has 1 spiro atoms. The summed E-state index contributed by atoms with van der Waals surface area (Å²) >= 11 is 0. The second-order valence-electron chi connectivity index (χ2n) is 11.3. The minimum Gasteiger partial charge on any atom is -0.361 e. The maximum Gasteiger partial charge on any atom is 0.245 e. The van der Waals surface area contributed by atoms with Gasteiger partial charge in [-0.1, -0.05) is 66.7 Å². The highest BCUT2D eigenvalue weighted by Crippen LogP contribution is 2.53. The fourth-order valence-corrected chi connectivity index (χ4v) is 6.35. The maximum atomic E-state index is 14.0. The summed E-state index contributed by atoms with van der Waals surface area (Å²) in [5.74, 6) is -0.384. The van der Waals surface area contributed by atoms with E-state index in [2.05, 4.69) is 58.8 Å². The van der Waals surface area contributed by atoms with E-state index >= 15 is 0 Å². The van der Waals surface area contributed by atoms with Gasteiger partial charge in [0.2, 0.25) is 11.8 Å². The molecule has 0 unspecified atom stereocenters. The molecule has 4 N–H and O–H groups in total. The van der Waals surface area contributed by atoms with Crippen LogP contribution in [0.15, 0.2) is 79.0 Å². The highest BCUT2D eigenvalue weighted by atomic mass is 35.5. The normalized spacial score (nSPS) is 16.3. The highest BCUT2D eigenvalue weighted by Gasteiger charge is 2.46. The number of hydrogen-bond donors (Lipinski definition) is 3. The maximum absolute atomic E-state index is 14.0. The predicted octanol–water partition coefficient (Wildman–Crippen LogP) is 4.94. The molecule has 0 radical (unpaired) electrons. The molecule has 4 aromatic rings. The lowest BCUT2D eigenvalue weighted by atomic mass is 9.71. The molecule has 39 heavy (non-hydrogen) atoms. The minimum absolute atomic E-state index is 0. The Morgan fingerprint density at radius 1 is 0.949 bits per heavy atom. The Kier molecular flexibility index (Phi) is 7.04. The van der Waals surface area contributed by atoms with Crippen molar-refractivity contribution in [2.45, 2.75) is 50.1 Å². The average molecular weight is 543 g/mol. The molecule has 6 rings (SSSR count). The molecule has 2 heterocycles. The Labute approximate surface area is 235 Å². The zero-order chi connectivity index (χ0) is 26.5. The lowest BCUT2D eigenvalue weighted by Gasteiger charge is -2.42. The van der Waals surface area contributed by atoms with Crippen molar-refractivity contribution in [2.24, 2.45) is 5.73 Å². The number of fused-ring (bicyclic) bond motifs is 6. The number of benzene rings is 3. The molecule has 202 valence electrons. The van der Waals surface area contributed by atoms with Gasteiger partial charge in [-0.15, -0.1) is 12.4 Å². The topological polar surface area (TPSA) is 91.2 Å². The van der Waals surface area contributed by atoms with E-state index in [1.54, 1.807) is 13.8 Å². The van der Waals surface area contributed by atoms with Gasteiger partial charge in [-0.3, -0.25) is 9.59 Å². The number of rotatable bonds is 5. The quantitative estimate of drug-likeness (QED) is 0.333. The summed E-state index contributed by atoms with van der Waals surface area (Å²) in [5, 5.41) is 4.04. The van der Waals surface area contributed by atoms with E-state index in [0.29, 0.717) is 19.5 Å². The van der Waals surface area contributed by atoms with Crippen LogP contribution >= 0.6 is 12.4 Å². The third kappa shape index (κ3) is 4.62. The lowest BCUT2D eigenvalue weighted by molar-refractivity contribution is -0.138. The molecule has 2 aliphatic rings. The van der Waals surface area contributed by atoms with Crippen LogP contribution in [0, 0.1) is 0 Å². The molecular formula is C32H35ClN4O2. The molecule has 0 bridgehead atoms. The molecule has 1 aliphatic carbocycles. The number of para-hydroxylation sites is 1. The summed E-state index contributed by atoms with van der Waals surface area (Å²) in [6.07, 6.45) is 4.03. The van der Waals surface area contributed by atoms with E-state index < -0.39 is 11.6 Å². The number of carbonyl (C=O) groups excluding carboxylic acids is 2. The first-order valence-electron chi connectivity index (χ1n) is 13.4. The first kappa shape index (κ1) is 27.0. The first-order valence-corrected chi connectivity index (χ1v) is 13.4. The molecule has 1 aliphatic heterocycles. The molecule has 1 aromatic heterocycles. The first-order chi connectivity index (χ1) is 18.3. The van der Waals surface area contributed by atoms with Crippen molar-refractivity contribution in [3.63, 3.8) is 0 Å². The van der Waals surface area contributed by atoms with Crippen LogP contribution in [0.3, 0.4) is 0 Å². The average Bonchev–Trinajstić information content (AvgIpc) is 3.45. The zero-order valence-corrected chi connectivity index (χ0v) is 23.2. The van der Waals surface area contributed by atoms with Crippen molar-refractivity contribution in [2.75, 3.05) is 13.1 Å². The van der Waals surface area contributed by atoms with Gasteiger partial charge in [0.15, 0.2) is 0 Å². The summed E-state index contributed by atoms with van der Waals surface area (Å²) in [7, 11) is 0. The molecule has 7 heteroatoms. The number of aromatic nitrogens is 1. The molecule has 2 amide bonds. The highest BCUT2D eigenvalue weighted by molar-refractivity contribution is 5.93. The van der Waals surface area contributed by atoms with Crippen molar-refractivity contribution in [1.82, 2.24) is 15.2 Å². The molecule has 0 saturated carbocycles. The van der Waals surface area contributed by atoms with Gasteiger partial charge in [0.05, 0.1) is 5.54 Å². The van der Waals surface area contributed by atoms with Gasteiger partial charge in [-0.2, -0.15) is 0 Å². The van der Waals surface area contributed by atoms with Crippen molar-refractivity contribution in [1.29, 1.82) is 0 Å². The second-order valence-corrected chi connectivity index (χ2v) is 11.3. The van der Waals surface area contributed by atoms with E-state index in [-0.39, 0.29) is 29.6 Å². The fourth-order valence-electron chi connectivity index (χ4n) is 6.35. The van der Waals surface area contributed by atoms with E-state index in [1.807, 2.05) is 35.4 Å². The van der Waals surface area contributed by atoms with Crippen LogP contribution in [0.25, 0.3) is 22.0 Å². The Bertz CT molecular complexity index is 1480. The van der Waals surface area contributed by atoms with Crippen LogP contribution in [0.1, 0.15) is 43.4 Å². The van der Waals surface area contributed by atoms with E-state index in [9.17, 15) is 9.59 Å². The molecule has 3 aromatic carbocycles. The van der Waals surface area contributed by atoms with E-state index in [0.717, 1.165) is 29.3 Å². The number of aromatic amines is 1. The van der Waals surface area contributed by atoms with Crippen LogP contribution in [0.4, 0.5) is 0 Å². The van der Waals surface area contributed by atoms with Gasteiger partial charge >= 0.3 is 0 Å². The van der Waals surface area contributed by atoms with E-state index in [1.165, 1.54) is 22.3 Å². The van der Waals surface area contributed by atoms with Gasteiger partial charge in [0.1, 0.15) is 6.04 Å². The number of hydrogen-bond acceptors (Lipinski definition) is 3. The Hall–Kier alpha value is -3.61. The van der Waals surface area contributed by atoms with Crippen molar-refractivity contribution < 1.29 is 9.59 Å². The number of piperidine rings is 1. The lowest BCUT2D eigenvalue weighted by Crippen LogP contribution is -2.58. The summed E-state index contributed by atoms with van der Waals surface area (Å²) < 4.78 is 0. The monoisotopic (exact) mass is 542 g/mol. The third-order valence-electron chi connectivity index (χ3n) is 8.39. The molecule has 1 saturated heterocycles. The third-order valence-corrected chi connectivity index (χ3v) is 8.39. The number of halogens is 1. The Morgan fingerprint density at radius 3 is 2.13 bits per heavy atom. The smallest absolute Gasteiger partial charge is 0.245 e. The molecular weight excluding hydrogens is 508 g/mol. The SMILES string of the molecule is CC(C)(N)C(=O)N[C@H](Cc1c[nH]c2ccccc12)C(=O)N1CCC2(CC1)c1ccccc1-c1ccccc12.Cl. The summed E-state index contributed by atoms with van der Waals surface area (Å²) in [6, 6.07) is 24.7. The summed E-state index contributed by atoms with van der Waals surface area (Å²) in [6.45, 7) is 4.59. The largest absolute Gasteiger partial charge is 0.361 e. The fraction of sp³-hybridized carbons (Fsp3) is 0.312. The zero-order valence-electron chi connectivity index (χ0n) is 22.4. The van der Waals surface area contributed by atoms with Crippen LogP contribution in [-0.2, 0) is 21.4 Å². The number of H-pyrrole nitrogens is 1. The number of nitrogens with one attached hydrogen (secondary N) is 2. The van der Waals surface area contributed by atoms with Gasteiger partial charge in [0.25, 0.3) is 0 Å². The predicted molar refractivity (Wildman–Crippen MR) is 158 cm³/mol. The van der Waals surface area contributed by atoms with E-state index in [4.69, 9.17) is 5.73 Å². The number of amides is 2. The van der Waals surface area contributed by atoms with Crippen LogP contribution < -0.4 is 11.1 Å². The van der Waals surface area contributed by atoms with Crippen LogP contribution in [0.5, 0.6) is 0 Å². The van der Waals surface area contributed by atoms with Gasteiger partial charge in [-0.05, 0) is 60.6 Å². The Morgan fingerprint density at radius 2 is 1.51 bits per heavy atom. The van der Waals surface area contributed by atoms with Gasteiger partial charge in [-0.25, -0.2) is 0 Å². The Balaban J connectivity index is 0.00000308. The number of nitrogens with two attached hydrogens (primary N) is 1. The molecule has 1 atom stereocenters. The number of likely N-dealkylation sites (tertiary alicyclic amines) is 1. The molecule has 1 fully saturated rings. The van der Waals surface area contributed by atoms with Gasteiger partial charge < -0.3 is 20.9 Å². The van der Waals surface area contributed by atoms with Crippen molar-refractivity contribution >= 4 is 35.1 Å². The van der Waals surface area contributed by atoms with Crippen molar-refractivity contribution in [3.8, 4) is 11.1 Å². The van der Waals surface area contributed by atoms with Crippen LogP contribution in [0.2, 0.25) is 0 Å². The van der Waals surface area contributed by atoms with Crippen molar-refractivity contribution in [3.05, 3.63) is 95.7 Å². The van der Waals surface area contributed by atoms with Crippen LogP contribution in [-0.4, -0.2) is 46.4 Å². The summed E-state index contributed by atoms with van der Waals surface area (Å²) in [4.78, 5) is 32.1. The number of nitrogens with zero attached hydrogens (tertiary/aromatic N) is 1. The summed E-state index contributed by atoms with van der Waals surface area (Å²) in [5.41, 5.74) is 12.3. The second kappa shape index (κ2) is 10.2. The molecule has 6 nitrogen and oxygen atoms in total. The minimum atomic E-state index is -1.08.